The molecular formula is C9H14N2S2. The molecule has 72 valence electrons. The fourth-order valence-electron chi connectivity index (χ4n) is 1.89. The summed E-state index contributed by atoms with van der Waals surface area (Å²) in [4.78, 5) is 3.10. The molecule has 0 aromatic carbocycles. The van der Waals surface area contributed by atoms with Gasteiger partial charge < -0.3 is 9.55 Å². The zero-order valence-electron chi connectivity index (χ0n) is 7.91. The average molecular weight is 214 g/mol. The number of rotatable bonds is 1. The van der Waals surface area contributed by atoms with Crippen LogP contribution < -0.4 is 0 Å². The third-order valence-electron chi connectivity index (χ3n) is 2.55. The molecule has 13 heavy (non-hydrogen) atoms. The van der Waals surface area contributed by atoms with Crippen LogP contribution in [0.25, 0.3) is 0 Å². The molecule has 0 saturated carbocycles. The maximum Gasteiger partial charge on any atom is 0.177 e. The van der Waals surface area contributed by atoms with Crippen LogP contribution in [-0.2, 0) is 0 Å². The second-order valence-corrected chi connectivity index (χ2v) is 5.50. The van der Waals surface area contributed by atoms with E-state index >= 15 is 0 Å². The van der Waals surface area contributed by atoms with E-state index in [9.17, 15) is 0 Å². The van der Waals surface area contributed by atoms with Gasteiger partial charge in [0.1, 0.15) is 0 Å². The van der Waals surface area contributed by atoms with Crippen molar-refractivity contribution in [3.05, 3.63) is 16.7 Å². The van der Waals surface area contributed by atoms with E-state index < -0.39 is 0 Å². The van der Waals surface area contributed by atoms with E-state index in [-0.39, 0.29) is 0 Å². The molecular weight excluding hydrogens is 200 g/mol. The molecule has 2 atom stereocenters. The highest BCUT2D eigenvalue weighted by Crippen LogP contribution is 2.34. The van der Waals surface area contributed by atoms with Gasteiger partial charge in [0, 0.05) is 28.9 Å². The molecule has 4 heteroatoms. The van der Waals surface area contributed by atoms with Crippen LogP contribution in [0.3, 0.4) is 0 Å². The number of aromatic amines is 1. The molecule has 1 aromatic heterocycles. The van der Waals surface area contributed by atoms with Gasteiger partial charge >= 0.3 is 0 Å². The van der Waals surface area contributed by atoms with Crippen LogP contribution >= 0.6 is 24.0 Å². The third kappa shape index (κ3) is 1.70. The molecule has 2 nitrogen and oxygen atoms in total. The normalized spacial score (nSPS) is 28.2. The molecule has 0 amide bonds. The van der Waals surface area contributed by atoms with Crippen molar-refractivity contribution in [2.75, 3.05) is 5.75 Å². The first-order chi connectivity index (χ1) is 6.18. The van der Waals surface area contributed by atoms with Crippen LogP contribution in [0.5, 0.6) is 0 Å². The van der Waals surface area contributed by atoms with Crippen LogP contribution in [0, 0.1) is 11.7 Å². The Kier molecular flexibility index (Phi) is 2.51. The fourth-order valence-corrected chi connectivity index (χ4v) is 3.44. The molecule has 1 N–H and O–H groups in total. The first kappa shape index (κ1) is 9.34. The van der Waals surface area contributed by atoms with Crippen molar-refractivity contribution < 1.29 is 0 Å². The fraction of sp³-hybridized carbons (Fsp3) is 0.667. The molecule has 1 saturated heterocycles. The van der Waals surface area contributed by atoms with Gasteiger partial charge in [0.2, 0.25) is 0 Å². The molecule has 0 radical (unpaired) electrons. The monoisotopic (exact) mass is 214 g/mol. The van der Waals surface area contributed by atoms with E-state index in [1.165, 1.54) is 17.9 Å². The summed E-state index contributed by atoms with van der Waals surface area (Å²) in [5, 5.41) is 0.779. The smallest absolute Gasteiger partial charge is 0.177 e. The Morgan fingerprint density at radius 3 is 2.92 bits per heavy atom. The maximum atomic E-state index is 5.25. The summed E-state index contributed by atoms with van der Waals surface area (Å²) in [6, 6.07) is 0.610. The Morgan fingerprint density at radius 1 is 1.69 bits per heavy atom. The number of hydrogen-bond donors (Lipinski definition) is 1. The van der Waals surface area contributed by atoms with Crippen molar-refractivity contribution in [3.8, 4) is 0 Å². The first-order valence-electron chi connectivity index (χ1n) is 4.56. The number of H-pyrrole nitrogens is 1. The van der Waals surface area contributed by atoms with Gasteiger partial charge in [-0.15, -0.1) is 0 Å². The highest BCUT2D eigenvalue weighted by atomic mass is 32.2. The molecule has 1 aromatic rings. The lowest BCUT2D eigenvalue weighted by Gasteiger charge is -2.12. The Bertz CT molecular complexity index is 353. The minimum atomic E-state index is 0.610. The van der Waals surface area contributed by atoms with Crippen LogP contribution in [-0.4, -0.2) is 20.6 Å². The number of thioether (sulfide) groups is 1. The van der Waals surface area contributed by atoms with Crippen molar-refractivity contribution in [3.63, 3.8) is 0 Å². The summed E-state index contributed by atoms with van der Waals surface area (Å²) in [5.41, 5.74) is 1.25. The number of aromatic nitrogens is 2. The van der Waals surface area contributed by atoms with Gasteiger partial charge in [0.15, 0.2) is 4.77 Å². The van der Waals surface area contributed by atoms with E-state index in [4.69, 9.17) is 12.2 Å². The molecule has 1 aliphatic heterocycles. The van der Waals surface area contributed by atoms with Crippen molar-refractivity contribution in [2.24, 2.45) is 0 Å². The molecule has 0 bridgehead atoms. The number of imidazole rings is 1. The molecule has 2 rings (SSSR count). The van der Waals surface area contributed by atoms with E-state index in [0.717, 1.165) is 10.0 Å². The zero-order valence-corrected chi connectivity index (χ0v) is 9.54. The summed E-state index contributed by atoms with van der Waals surface area (Å²) < 4.78 is 3.13. The Morgan fingerprint density at radius 2 is 2.46 bits per heavy atom. The van der Waals surface area contributed by atoms with Crippen LogP contribution in [0.15, 0.2) is 6.20 Å². The van der Waals surface area contributed by atoms with E-state index in [1.807, 2.05) is 18.0 Å². The van der Waals surface area contributed by atoms with Gasteiger partial charge in [-0.05, 0) is 25.6 Å². The lowest BCUT2D eigenvalue weighted by molar-refractivity contribution is 0.520. The molecule has 2 heterocycles. The average Bonchev–Trinajstić information content (AvgIpc) is 2.60. The predicted molar refractivity (Wildman–Crippen MR) is 59.9 cm³/mol. The van der Waals surface area contributed by atoms with Crippen molar-refractivity contribution in [2.45, 2.75) is 31.6 Å². The number of nitrogens with zero attached hydrogens (tertiary/aromatic N) is 1. The van der Waals surface area contributed by atoms with E-state index in [2.05, 4.69) is 23.4 Å². The molecule has 0 aliphatic carbocycles. The SMILES string of the molecule is Cc1c[nH]c(=S)n1C1CSC(C)C1. The minimum Gasteiger partial charge on any atom is -0.337 e. The minimum absolute atomic E-state index is 0.610. The van der Waals surface area contributed by atoms with Crippen molar-refractivity contribution in [1.82, 2.24) is 9.55 Å². The summed E-state index contributed by atoms with van der Waals surface area (Å²) in [6.07, 6.45) is 3.24. The topological polar surface area (TPSA) is 20.7 Å². The van der Waals surface area contributed by atoms with Gasteiger partial charge in [-0.25, -0.2) is 0 Å². The summed E-state index contributed by atoms with van der Waals surface area (Å²) in [6.45, 7) is 4.40. The number of hydrogen-bond acceptors (Lipinski definition) is 2. The van der Waals surface area contributed by atoms with Gasteiger partial charge in [-0.1, -0.05) is 6.92 Å². The molecule has 0 spiro atoms. The molecule has 1 fully saturated rings. The van der Waals surface area contributed by atoms with Crippen LogP contribution in [0.2, 0.25) is 0 Å². The third-order valence-corrected chi connectivity index (χ3v) is 4.20. The largest absolute Gasteiger partial charge is 0.337 e. The summed E-state index contributed by atoms with van der Waals surface area (Å²) >= 11 is 7.29. The number of aryl methyl sites for hydroxylation is 1. The van der Waals surface area contributed by atoms with Crippen LogP contribution in [0.1, 0.15) is 25.1 Å². The zero-order chi connectivity index (χ0) is 9.42. The standard InChI is InChI=1S/C9H14N2S2/c1-6-4-10-9(12)11(6)8-3-7(2)13-5-8/h4,7-8H,3,5H2,1-2H3,(H,10,12). The van der Waals surface area contributed by atoms with Crippen molar-refractivity contribution >= 4 is 24.0 Å². The van der Waals surface area contributed by atoms with Gasteiger partial charge in [-0.2, -0.15) is 11.8 Å². The predicted octanol–water partition coefficient (Wildman–Crippen LogP) is 2.92. The Hall–Kier alpha value is -0.220. The summed E-state index contributed by atoms with van der Waals surface area (Å²) in [7, 11) is 0. The Labute approximate surface area is 87.7 Å². The second-order valence-electron chi connectivity index (χ2n) is 3.64. The number of nitrogens with one attached hydrogen (secondary N) is 1. The lowest BCUT2D eigenvalue weighted by Crippen LogP contribution is -2.10. The van der Waals surface area contributed by atoms with Gasteiger partial charge in [0.05, 0.1) is 0 Å². The van der Waals surface area contributed by atoms with E-state index in [1.54, 1.807) is 0 Å². The molecule has 2 unspecified atom stereocenters. The van der Waals surface area contributed by atoms with Gasteiger partial charge in [-0.3, -0.25) is 0 Å². The summed E-state index contributed by atoms with van der Waals surface area (Å²) in [5.74, 6) is 1.20. The van der Waals surface area contributed by atoms with Crippen LogP contribution in [0.4, 0.5) is 0 Å². The second kappa shape index (κ2) is 3.50. The van der Waals surface area contributed by atoms with Crippen molar-refractivity contribution in [1.29, 1.82) is 0 Å². The Balaban J connectivity index is 2.30. The first-order valence-corrected chi connectivity index (χ1v) is 6.02. The quantitative estimate of drug-likeness (QED) is 0.726. The maximum absolute atomic E-state index is 5.25. The van der Waals surface area contributed by atoms with Gasteiger partial charge in [0.25, 0.3) is 0 Å². The molecule has 1 aliphatic rings. The highest BCUT2D eigenvalue weighted by molar-refractivity contribution is 8.00. The highest BCUT2D eigenvalue weighted by Gasteiger charge is 2.24. The lowest BCUT2D eigenvalue weighted by atomic mass is 10.2. The van der Waals surface area contributed by atoms with E-state index in [0.29, 0.717) is 6.04 Å².